The molecule has 0 aliphatic carbocycles. The maximum absolute atomic E-state index is 11.8. The van der Waals surface area contributed by atoms with E-state index in [1.54, 1.807) is 7.11 Å². The first kappa shape index (κ1) is 18.7. The van der Waals surface area contributed by atoms with Gasteiger partial charge in [-0.25, -0.2) is 0 Å². The third kappa shape index (κ3) is 7.36. The number of methoxy groups -OCH3 is 1. The molecule has 0 aliphatic heterocycles. The highest BCUT2D eigenvalue weighted by atomic mass is 35.5. The fraction of sp³-hybridized carbons (Fsp3) is 0.533. The van der Waals surface area contributed by atoms with Crippen molar-refractivity contribution in [2.45, 2.75) is 26.2 Å². The molecule has 0 bridgehead atoms. The van der Waals surface area contributed by atoms with Gasteiger partial charge in [0.15, 0.2) is 0 Å². The Morgan fingerprint density at radius 1 is 1.25 bits per heavy atom. The smallest absolute Gasteiger partial charge is 0.225 e. The van der Waals surface area contributed by atoms with Crippen molar-refractivity contribution in [2.24, 2.45) is 0 Å². The number of carbonyl (C=O) groups is 1. The van der Waals surface area contributed by atoms with Crippen LogP contribution >= 0.6 is 12.4 Å². The SMILES string of the molecule is CCCCN(C)CCC(=O)Nc1ccc(OC)cc1.Cl. The summed E-state index contributed by atoms with van der Waals surface area (Å²) in [4.78, 5) is 14.0. The van der Waals surface area contributed by atoms with Gasteiger partial charge in [-0.2, -0.15) is 0 Å². The van der Waals surface area contributed by atoms with Gasteiger partial charge >= 0.3 is 0 Å². The summed E-state index contributed by atoms with van der Waals surface area (Å²) < 4.78 is 5.07. The van der Waals surface area contributed by atoms with Crippen LogP contribution in [-0.2, 0) is 4.79 Å². The standard InChI is InChI=1S/C15H24N2O2.ClH/c1-4-5-11-17(2)12-10-15(18)16-13-6-8-14(19-3)9-7-13;/h6-9H,4-5,10-12H2,1-3H3,(H,16,18);1H. The summed E-state index contributed by atoms with van der Waals surface area (Å²) in [5.41, 5.74) is 0.807. The minimum Gasteiger partial charge on any atom is -0.497 e. The molecule has 0 saturated carbocycles. The van der Waals surface area contributed by atoms with E-state index in [0.717, 1.165) is 24.5 Å². The van der Waals surface area contributed by atoms with Crippen molar-refractivity contribution in [3.05, 3.63) is 24.3 Å². The fourth-order valence-corrected chi connectivity index (χ4v) is 1.73. The van der Waals surface area contributed by atoms with Gasteiger partial charge < -0.3 is 15.0 Å². The van der Waals surface area contributed by atoms with Gasteiger partial charge in [0.2, 0.25) is 5.91 Å². The normalized spacial score (nSPS) is 10.0. The van der Waals surface area contributed by atoms with Crippen molar-refractivity contribution in [3.63, 3.8) is 0 Å². The van der Waals surface area contributed by atoms with Gasteiger partial charge in [0, 0.05) is 18.7 Å². The molecule has 0 unspecified atom stereocenters. The van der Waals surface area contributed by atoms with Crippen LogP contribution in [0, 0.1) is 0 Å². The molecule has 0 fully saturated rings. The van der Waals surface area contributed by atoms with E-state index in [1.807, 2.05) is 24.3 Å². The van der Waals surface area contributed by atoms with E-state index >= 15 is 0 Å². The number of hydrogen-bond donors (Lipinski definition) is 1. The number of ether oxygens (including phenoxy) is 1. The van der Waals surface area contributed by atoms with Crippen molar-refractivity contribution < 1.29 is 9.53 Å². The molecule has 114 valence electrons. The quantitative estimate of drug-likeness (QED) is 0.802. The Labute approximate surface area is 127 Å². The topological polar surface area (TPSA) is 41.6 Å². The lowest BCUT2D eigenvalue weighted by Crippen LogP contribution is -2.25. The van der Waals surface area contributed by atoms with E-state index < -0.39 is 0 Å². The van der Waals surface area contributed by atoms with Gasteiger partial charge in [0.25, 0.3) is 0 Å². The van der Waals surface area contributed by atoms with Crippen molar-refractivity contribution >= 4 is 24.0 Å². The van der Waals surface area contributed by atoms with E-state index in [-0.39, 0.29) is 18.3 Å². The molecule has 1 aromatic rings. The van der Waals surface area contributed by atoms with E-state index in [1.165, 1.54) is 12.8 Å². The monoisotopic (exact) mass is 300 g/mol. The molecule has 1 aromatic carbocycles. The highest BCUT2D eigenvalue weighted by Gasteiger charge is 2.05. The highest BCUT2D eigenvalue weighted by Crippen LogP contribution is 2.15. The minimum absolute atomic E-state index is 0. The minimum atomic E-state index is 0. The van der Waals surface area contributed by atoms with Crippen LogP contribution in [0.2, 0.25) is 0 Å². The zero-order valence-electron chi connectivity index (χ0n) is 12.5. The van der Waals surface area contributed by atoms with Gasteiger partial charge in [0.05, 0.1) is 7.11 Å². The number of hydrogen-bond acceptors (Lipinski definition) is 3. The average Bonchev–Trinajstić information content (AvgIpc) is 2.43. The maximum Gasteiger partial charge on any atom is 0.225 e. The third-order valence-corrected chi connectivity index (χ3v) is 2.99. The Bertz CT molecular complexity index is 382. The number of unbranched alkanes of at least 4 members (excludes halogenated alkanes) is 1. The summed E-state index contributed by atoms with van der Waals surface area (Å²) in [6.45, 7) is 4.01. The van der Waals surface area contributed by atoms with Gasteiger partial charge in [-0.15, -0.1) is 12.4 Å². The molecular formula is C15H25ClN2O2. The molecule has 0 saturated heterocycles. The summed E-state index contributed by atoms with van der Waals surface area (Å²) in [6, 6.07) is 7.36. The van der Waals surface area contributed by atoms with Crippen molar-refractivity contribution in [1.29, 1.82) is 0 Å². The van der Waals surface area contributed by atoms with Crippen LogP contribution < -0.4 is 10.1 Å². The lowest BCUT2D eigenvalue weighted by Gasteiger charge is -2.15. The number of carbonyl (C=O) groups excluding carboxylic acids is 1. The maximum atomic E-state index is 11.8. The first-order valence-corrected chi connectivity index (χ1v) is 6.78. The van der Waals surface area contributed by atoms with Crippen LogP contribution in [0.3, 0.4) is 0 Å². The largest absolute Gasteiger partial charge is 0.497 e. The molecule has 1 rings (SSSR count). The zero-order valence-corrected chi connectivity index (χ0v) is 13.3. The Morgan fingerprint density at radius 3 is 2.45 bits per heavy atom. The van der Waals surface area contributed by atoms with Gasteiger partial charge in [-0.3, -0.25) is 4.79 Å². The first-order chi connectivity index (χ1) is 9.15. The summed E-state index contributed by atoms with van der Waals surface area (Å²) in [5, 5.41) is 2.88. The Balaban J connectivity index is 0.00000361. The van der Waals surface area contributed by atoms with E-state index in [9.17, 15) is 4.79 Å². The van der Waals surface area contributed by atoms with Gasteiger partial charge in [0.1, 0.15) is 5.75 Å². The van der Waals surface area contributed by atoms with Gasteiger partial charge in [-0.1, -0.05) is 13.3 Å². The molecular weight excluding hydrogens is 276 g/mol. The summed E-state index contributed by atoms with van der Waals surface area (Å²) in [6.07, 6.45) is 2.88. The Hall–Kier alpha value is -1.26. The molecule has 5 heteroatoms. The summed E-state index contributed by atoms with van der Waals surface area (Å²) in [7, 11) is 3.68. The average molecular weight is 301 g/mol. The van der Waals surface area contributed by atoms with Crippen LogP contribution in [0.25, 0.3) is 0 Å². The van der Waals surface area contributed by atoms with E-state index in [0.29, 0.717) is 6.42 Å². The molecule has 0 radical (unpaired) electrons. The molecule has 4 nitrogen and oxygen atoms in total. The molecule has 1 amide bonds. The van der Waals surface area contributed by atoms with Crippen LogP contribution in [0.1, 0.15) is 26.2 Å². The van der Waals surface area contributed by atoms with Crippen LogP contribution in [0.5, 0.6) is 5.75 Å². The number of halogens is 1. The van der Waals surface area contributed by atoms with Crippen LogP contribution in [-0.4, -0.2) is 38.1 Å². The molecule has 20 heavy (non-hydrogen) atoms. The Kier molecular flexibility index (Phi) is 9.86. The Morgan fingerprint density at radius 2 is 1.90 bits per heavy atom. The number of nitrogens with zero attached hydrogens (tertiary/aromatic N) is 1. The third-order valence-electron chi connectivity index (χ3n) is 2.99. The number of benzene rings is 1. The predicted octanol–water partition coefficient (Wildman–Crippen LogP) is 3.18. The first-order valence-electron chi connectivity index (χ1n) is 6.78. The van der Waals surface area contributed by atoms with Gasteiger partial charge in [-0.05, 0) is 44.3 Å². The number of nitrogens with one attached hydrogen (secondary N) is 1. The molecule has 0 spiro atoms. The van der Waals surface area contributed by atoms with Crippen molar-refractivity contribution in [1.82, 2.24) is 4.90 Å². The molecule has 0 heterocycles. The van der Waals surface area contributed by atoms with Crippen LogP contribution in [0.15, 0.2) is 24.3 Å². The second-order valence-electron chi connectivity index (χ2n) is 4.68. The molecule has 0 atom stereocenters. The van der Waals surface area contributed by atoms with Crippen LogP contribution in [0.4, 0.5) is 5.69 Å². The summed E-state index contributed by atoms with van der Waals surface area (Å²) in [5.74, 6) is 0.839. The number of amides is 1. The number of anilines is 1. The zero-order chi connectivity index (χ0) is 14.1. The lowest BCUT2D eigenvalue weighted by atomic mass is 10.2. The lowest BCUT2D eigenvalue weighted by molar-refractivity contribution is -0.116. The number of rotatable bonds is 8. The van der Waals surface area contributed by atoms with E-state index in [4.69, 9.17) is 4.74 Å². The molecule has 0 aliphatic rings. The van der Waals surface area contributed by atoms with E-state index in [2.05, 4.69) is 24.2 Å². The second-order valence-corrected chi connectivity index (χ2v) is 4.68. The summed E-state index contributed by atoms with van der Waals surface area (Å²) >= 11 is 0. The second kappa shape index (κ2) is 10.5. The predicted molar refractivity (Wildman–Crippen MR) is 85.9 cm³/mol. The van der Waals surface area contributed by atoms with Crippen molar-refractivity contribution in [2.75, 3.05) is 32.6 Å². The molecule has 1 N–H and O–H groups in total. The fourth-order valence-electron chi connectivity index (χ4n) is 1.73. The highest BCUT2D eigenvalue weighted by molar-refractivity contribution is 5.90. The van der Waals surface area contributed by atoms with Crippen molar-refractivity contribution in [3.8, 4) is 5.75 Å². The molecule has 0 aromatic heterocycles.